The molecule has 0 saturated carbocycles. The fourth-order valence-corrected chi connectivity index (χ4v) is 1.41. The Bertz CT molecular complexity index is 271. The molecule has 1 aliphatic rings. The molecule has 0 radical (unpaired) electrons. The molecule has 1 atom stereocenters. The van der Waals surface area contributed by atoms with Crippen molar-refractivity contribution >= 4 is 12.4 Å². The molecule has 1 aliphatic heterocycles. The van der Waals surface area contributed by atoms with Crippen molar-refractivity contribution in [1.82, 2.24) is 5.32 Å². The van der Waals surface area contributed by atoms with Gasteiger partial charge in [-0.05, 0) is 12.1 Å². The third kappa shape index (κ3) is 2.48. The number of nitrogens with one attached hydrogen (secondary N) is 1. The maximum absolute atomic E-state index is 8.80. The molecule has 0 aliphatic carbocycles. The first kappa shape index (κ1) is 11.5. The van der Waals surface area contributed by atoms with Crippen molar-refractivity contribution < 1.29 is 14.3 Å². The van der Waals surface area contributed by atoms with E-state index in [9.17, 15) is 0 Å². The van der Waals surface area contributed by atoms with Gasteiger partial charge in [0, 0.05) is 6.54 Å². The van der Waals surface area contributed by atoms with E-state index in [1.165, 1.54) is 0 Å². The fraction of sp³-hybridized carbons (Fsp3) is 0.556. The van der Waals surface area contributed by atoms with Gasteiger partial charge in [-0.3, -0.25) is 0 Å². The second-order valence-corrected chi connectivity index (χ2v) is 3.04. The predicted molar refractivity (Wildman–Crippen MR) is 53.4 cm³/mol. The summed E-state index contributed by atoms with van der Waals surface area (Å²) in [4.78, 5) is 0. The lowest BCUT2D eigenvalue weighted by Crippen LogP contribution is -2.34. The van der Waals surface area contributed by atoms with Crippen LogP contribution < -0.4 is 5.32 Å². The molecule has 0 bridgehead atoms. The quantitative estimate of drug-likeness (QED) is 0.775. The van der Waals surface area contributed by atoms with Crippen LogP contribution in [0.25, 0.3) is 0 Å². The summed E-state index contributed by atoms with van der Waals surface area (Å²) >= 11 is 0. The first-order chi connectivity index (χ1) is 6.40. The van der Waals surface area contributed by atoms with E-state index in [-0.39, 0.29) is 25.1 Å². The topological polar surface area (TPSA) is 54.6 Å². The van der Waals surface area contributed by atoms with E-state index in [1.807, 2.05) is 6.07 Å². The highest BCUT2D eigenvalue weighted by Gasteiger charge is 2.18. The van der Waals surface area contributed by atoms with Gasteiger partial charge >= 0.3 is 0 Å². The normalized spacial score (nSPS) is 21.6. The van der Waals surface area contributed by atoms with Gasteiger partial charge in [0.15, 0.2) is 0 Å². The van der Waals surface area contributed by atoms with Crippen molar-refractivity contribution in [2.75, 3.05) is 19.8 Å². The van der Waals surface area contributed by atoms with E-state index < -0.39 is 0 Å². The van der Waals surface area contributed by atoms with Crippen LogP contribution in [0.2, 0.25) is 0 Å². The number of halogens is 1. The summed E-state index contributed by atoms with van der Waals surface area (Å²) < 4.78 is 10.7. The molecule has 2 N–H and O–H groups in total. The summed E-state index contributed by atoms with van der Waals surface area (Å²) in [6.45, 7) is 2.19. The minimum Gasteiger partial charge on any atom is -0.462 e. The Kier molecular flexibility index (Phi) is 4.41. The number of ether oxygens (including phenoxy) is 1. The van der Waals surface area contributed by atoms with Crippen LogP contribution in [-0.2, 0) is 11.3 Å². The van der Waals surface area contributed by atoms with Crippen molar-refractivity contribution in [2.45, 2.75) is 12.6 Å². The van der Waals surface area contributed by atoms with Crippen LogP contribution >= 0.6 is 12.4 Å². The molecule has 0 aromatic carbocycles. The van der Waals surface area contributed by atoms with Gasteiger partial charge in [0.2, 0.25) is 0 Å². The highest BCUT2D eigenvalue weighted by atomic mass is 35.5. The zero-order valence-corrected chi connectivity index (χ0v) is 8.55. The van der Waals surface area contributed by atoms with Crippen molar-refractivity contribution in [3.05, 3.63) is 23.7 Å². The SMILES string of the molecule is Cl.OCc1ccc([C@H]2COCCN2)o1. The van der Waals surface area contributed by atoms with E-state index in [1.54, 1.807) is 6.07 Å². The summed E-state index contributed by atoms with van der Waals surface area (Å²) in [6.07, 6.45) is 0. The molecule has 1 aromatic rings. The van der Waals surface area contributed by atoms with Crippen molar-refractivity contribution in [3.63, 3.8) is 0 Å². The van der Waals surface area contributed by atoms with Crippen molar-refractivity contribution in [3.8, 4) is 0 Å². The van der Waals surface area contributed by atoms with Crippen LogP contribution in [0.15, 0.2) is 16.5 Å². The van der Waals surface area contributed by atoms with Gasteiger partial charge in [0.05, 0.1) is 19.3 Å². The Morgan fingerprint density at radius 3 is 2.93 bits per heavy atom. The number of hydrogen-bond acceptors (Lipinski definition) is 4. The number of aliphatic hydroxyl groups excluding tert-OH is 1. The van der Waals surface area contributed by atoms with Gasteiger partial charge < -0.3 is 19.6 Å². The second-order valence-electron chi connectivity index (χ2n) is 3.04. The van der Waals surface area contributed by atoms with Gasteiger partial charge in [0.25, 0.3) is 0 Å². The first-order valence-corrected chi connectivity index (χ1v) is 4.41. The van der Waals surface area contributed by atoms with Gasteiger partial charge in [-0.2, -0.15) is 0 Å². The lowest BCUT2D eigenvalue weighted by Gasteiger charge is -2.21. The first-order valence-electron chi connectivity index (χ1n) is 4.41. The molecule has 5 heteroatoms. The van der Waals surface area contributed by atoms with Gasteiger partial charge in [-0.15, -0.1) is 12.4 Å². The second kappa shape index (κ2) is 5.36. The highest BCUT2D eigenvalue weighted by molar-refractivity contribution is 5.85. The molecule has 1 saturated heterocycles. The third-order valence-corrected chi connectivity index (χ3v) is 2.10. The Labute approximate surface area is 88.7 Å². The maximum Gasteiger partial charge on any atom is 0.129 e. The van der Waals surface area contributed by atoms with Crippen molar-refractivity contribution in [2.24, 2.45) is 0 Å². The number of rotatable bonds is 2. The van der Waals surface area contributed by atoms with Gasteiger partial charge in [-0.1, -0.05) is 0 Å². The smallest absolute Gasteiger partial charge is 0.129 e. The van der Waals surface area contributed by atoms with Crippen LogP contribution in [0, 0.1) is 0 Å². The van der Waals surface area contributed by atoms with E-state index in [2.05, 4.69) is 5.32 Å². The van der Waals surface area contributed by atoms with E-state index in [0.717, 1.165) is 18.9 Å². The Balaban J connectivity index is 0.000000980. The molecule has 2 rings (SSSR count). The molecule has 4 nitrogen and oxygen atoms in total. The van der Waals surface area contributed by atoms with E-state index in [0.29, 0.717) is 12.4 Å². The Hall–Kier alpha value is -0.550. The molecule has 0 spiro atoms. The molecular weight excluding hydrogens is 206 g/mol. The zero-order chi connectivity index (χ0) is 9.10. The van der Waals surface area contributed by atoms with E-state index >= 15 is 0 Å². The standard InChI is InChI=1S/C9H13NO3.ClH/c11-5-7-1-2-9(13-7)8-6-12-4-3-10-8;/h1-2,8,10-11H,3-6H2;1H/t8-;/m1./s1. The summed E-state index contributed by atoms with van der Waals surface area (Å²) in [5, 5.41) is 12.1. The largest absolute Gasteiger partial charge is 0.462 e. The fourth-order valence-electron chi connectivity index (χ4n) is 1.41. The summed E-state index contributed by atoms with van der Waals surface area (Å²) in [5.74, 6) is 1.44. The van der Waals surface area contributed by atoms with E-state index in [4.69, 9.17) is 14.3 Å². The maximum atomic E-state index is 8.80. The van der Waals surface area contributed by atoms with Crippen LogP contribution in [-0.4, -0.2) is 24.9 Å². The number of aliphatic hydroxyl groups is 1. The Morgan fingerprint density at radius 1 is 1.50 bits per heavy atom. The van der Waals surface area contributed by atoms with Crippen molar-refractivity contribution in [1.29, 1.82) is 0 Å². The molecule has 0 amide bonds. The third-order valence-electron chi connectivity index (χ3n) is 2.10. The van der Waals surface area contributed by atoms with Crippen LogP contribution in [0.4, 0.5) is 0 Å². The molecule has 14 heavy (non-hydrogen) atoms. The molecule has 1 fully saturated rings. The average molecular weight is 220 g/mol. The lowest BCUT2D eigenvalue weighted by atomic mass is 10.2. The van der Waals surface area contributed by atoms with Crippen LogP contribution in [0.3, 0.4) is 0 Å². The molecule has 0 unspecified atom stereocenters. The zero-order valence-electron chi connectivity index (χ0n) is 7.73. The molecule has 80 valence electrons. The monoisotopic (exact) mass is 219 g/mol. The van der Waals surface area contributed by atoms with Crippen LogP contribution in [0.1, 0.15) is 17.6 Å². The number of hydrogen-bond donors (Lipinski definition) is 2. The highest BCUT2D eigenvalue weighted by Crippen LogP contribution is 2.18. The number of furan rings is 1. The summed E-state index contributed by atoms with van der Waals surface area (Å²) in [7, 11) is 0. The molecular formula is C9H14ClNO3. The lowest BCUT2D eigenvalue weighted by molar-refractivity contribution is 0.0688. The van der Waals surface area contributed by atoms with Gasteiger partial charge in [-0.25, -0.2) is 0 Å². The molecule has 2 heterocycles. The minimum atomic E-state index is -0.0480. The predicted octanol–water partition coefficient (Wildman–Crippen LogP) is 0.855. The number of morpholine rings is 1. The van der Waals surface area contributed by atoms with Gasteiger partial charge in [0.1, 0.15) is 18.1 Å². The average Bonchev–Trinajstić information content (AvgIpc) is 2.67. The Morgan fingerprint density at radius 2 is 2.36 bits per heavy atom. The minimum absolute atomic E-state index is 0. The summed E-state index contributed by atoms with van der Waals surface area (Å²) in [5.41, 5.74) is 0. The summed E-state index contributed by atoms with van der Waals surface area (Å²) in [6, 6.07) is 3.79. The molecule has 1 aromatic heterocycles. The van der Waals surface area contributed by atoms with Crippen LogP contribution in [0.5, 0.6) is 0 Å².